The van der Waals surface area contributed by atoms with Crippen molar-refractivity contribution >= 4 is 27.5 Å². The fourth-order valence-corrected chi connectivity index (χ4v) is 2.97. The van der Waals surface area contributed by atoms with Crippen molar-refractivity contribution in [3.63, 3.8) is 0 Å². The lowest BCUT2D eigenvalue weighted by Gasteiger charge is -2.15. The molecule has 0 aliphatic rings. The molecule has 0 aliphatic carbocycles. The molecule has 106 valence electrons. The van der Waals surface area contributed by atoms with E-state index in [1.165, 1.54) is 5.56 Å². The fourth-order valence-electron chi connectivity index (χ4n) is 2.05. The van der Waals surface area contributed by atoms with Gasteiger partial charge >= 0.3 is 0 Å². The quantitative estimate of drug-likeness (QED) is 0.710. The van der Waals surface area contributed by atoms with E-state index in [1.807, 2.05) is 37.3 Å². The SMILES string of the molecule is COc1ccc(C(Cl)c2cc(C)ccc2Br)cc1OC. The summed E-state index contributed by atoms with van der Waals surface area (Å²) in [6.07, 6.45) is 0. The monoisotopic (exact) mass is 354 g/mol. The molecule has 1 unspecified atom stereocenters. The molecule has 2 rings (SSSR count). The molecule has 1 atom stereocenters. The zero-order chi connectivity index (χ0) is 14.7. The molecule has 0 saturated heterocycles. The number of hydrogen-bond donors (Lipinski definition) is 0. The summed E-state index contributed by atoms with van der Waals surface area (Å²) in [6, 6.07) is 11.9. The van der Waals surface area contributed by atoms with Crippen molar-refractivity contribution in [2.45, 2.75) is 12.3 Å². The number of aryl methyl sites for hydroxylation is 1. The molecule has 0 saturated carbocycles. The molecule has 0 spiro atoms. The van der Waals surface area contributed by atoms with Gasteiger partial charge in [0, 0.05) is 4.47 Å². The Morgan fingerprint density at radius 1 is 1.00 bits per heavy atom. The Morgan fingerprint density at radius 2 is 1.70 bits per heavy atom. The molecule has 0 N–H and O–H groups in total. The van der Waals surface area contributed by atoms with Crippen LogP contribution in [-0.4, -0.2) is 14.2 Å². The van der Waals surface area contributed by atoms with Gasteiger partial charge < -0.3 is 9.47 Å². The summed E-state index contributed by atoms with van der Waals surface area (Å²) >= 11 is 10.2. The lowest BCUT2D eigenvalue weighted by atomic mass is 10.0. The summed E-state index contributed by atoms with van der Waals surface area (Å²) in [7, 11) is 3.24. The van der Waals surface area contributed by atoms with Gasteiger partial charge in [0.15, 0.2) is 11.5 Å². The van der Waals surface area contributed by atoms with Crippen LogP contribution in [-0.2, 0) is 0 Å². The largest absolute Gasteiger partial charge is 0.493 e. The van der Waals surface area contributed by atoms with Gasteiger partial charge in [-0.05, 0) is 36.2 Å². The van der Waals surface area contributed by atoms with Crippen molar-refractivity contribution in [2.24, 2.45) is 0 Å². The second kappa shape index (κ2) is 6.51. The van der Waals surface area contributed by atoms with Gasteiger partial charge in [-0.25, -0.2) is 0 Å². The van der Waals surface area contributed by atoms with Gasteiger partial charge in [0.1, 0.15) is 0 Å². The average molecular weight is 356 g/mol. The highest BCUT2D eigenvalue weighted by Crippen LogP contribution is 2.38. The summed E-state index contributed by atoms with van der Waals surface area (Å²) in [5.74, 6) is 1.38. The van der Waals surface area contributed by atoms with Crippen LogP contribution in [0.25, 0.3) is 0 Å². The predicted octanol–water partition coefficient (Wildman–Crippen LogP) is 5.10. The number of halogens is 2. The molecule has 0 radical (unpaired) electrons. The molecule has 0 heterocycles. The number of benzene rings is 2. The van der Waals surface area contributed by atoms with Crippen LogP contribution in [0.1, 0.15) is 22.1 Å². The van der Waals surface area contributed by atoms with Gasteiger partial charge in [-0.2, -0.15) is 0 Å². The maximum atomic E-state index is 6.61. The average Bonchev–Trinajstić information content (AvgIpc) is 2.48. The van der Waals surface area contributed by atoms with Gasteiger partial charge in [0.25, 0.3) is 0 Å². The van der Waals surface area contributed by atoms with E-state index in [9.17, 15) is 0 Å². The van der Waals surface area contributed by atoms with Crippen LogP contribution < -0.4 is 9.47 Å². The van der Waals surface area contributed by atoms with E-state index >= 15 is 0 Å². The van der Waals surface area contributed by atoms with E-state index in [1.54, 1.807) is 14.2 Å². The molecule has 2 aromatic carbocycles. The van der Waals surface area contributed by atoms with Crippen molar-refractivity contribution in [1.29, 1.82) is 0 Å². The first kappa shape index (κ1) is 15.2. The first-order valence-electron chi connectivity index (χ1n) is 6.19. The number of methoxy groups -OCH3 is 2. The third kappa shape index (κ3) is 3.10. The Kier molecular flexibility index (Phi) is 4.95. The number of ether oxygens (including phenoxy) is 2. The Hall–Kier alpha value is -1.19. The van der Waals surface area contributed by atoms with Crippen molar-refractivity contribution in [2.75, 3.05) is 14.2 Å². The van der Waals surface area contributed by atoms with Crippen molar-refractivity contribution in [3.05, 3.63) is 57.6 Å². The van der Waals surface area contributed by atoms with Crippen LogP contribution in [0.15, 0.2) is 40.9 Å². The van der Waals surface area contributed by atoms with Crippen molar-refractivity contribution < 1.29 is 9.47 Å². The zero-order valence-corrected chi connectivity index (χ0v) is 14.0. The number of alkyl halides is 1. The van der Waals surface area contributed by atoms with Crippen LogP contribution in [0.5, 0.6) is 11.5 Å². The second-order valence-corrected chi connectivity index (χ2v) is 5.79. The molecule has 0 fully saturated rings. The molecular weight excluding hydrogens is 340 g/mol. The molecule has 20 heavy (non-hydrogen) atoms. The standard InChI is InChI=1S/C16H16BrClO2/c1-10-4-6-13(17)12(8-10)16(18)11-5-7-14(19-2)15(9-11)20-3/h4-9,16H,1-3H3. The zero-order valence-electron chi connectivity index (χ0n) is 11.6. The fraction of sp³-hybridized carbons (Fsp3) is 0.250. The van der Waals surface area contributed by atoms with Crippen LogP contribution in [0.4, 0.5) is 0 Å². The predicted molar refractivity (Wildman–Crippen MR) is 86.1 cm³/mol. The Balaban J connectivity index is 2.42. The maximum absolute atomic E-state index is 6.61. The molecular formula is C16H16BrClO2. The normalized spacial score (nSPS) is 12.1. The van der Waals surface area contributed by atoms with Gasteiger partial charge in [0.05, 0.1) is 19.6 Å². The summed E-state index contributed by atoms with van der Waals surface area (Å²) < 4.78 is 11.6. The third-order valence-corrected chi connectivity index (χ3v) is 4.33. The van der Waals surface area contributed by atoms with Crippen molar-refractivity contribution in [1.82, 2.24) is 0 Å². The minimum absolute atomic E-state index is 0.246. The van der Waals surface area contributed by atoms with Gasteiger partial charge in [-0.1, -0.05) is 39.7 Å². The van der Waals surface area contributed by atoms with E-state index in [-0.39, 0.29) is 5.38 Å². The first-order valence-corrected chi connectivity index (χ1v) is 7.41. The molecule has 0 aliphatic heterocycles. The minimum Gasteiger partial charge on any atom is -0.493 e. The van der Waals surface area contributed by atoms with Gasteiger partial charge in [0.2, 0.25) is 0 Å². The maximum Gasteiger partial charge on any atom is 0.161 e. The van der Waals surface area contributed by atoms with E-state index in [2.05, 4.69) is 22.0 Å². The lowest BCUT2D eigenvalue weighted by molar-refractivity contribution is 0.354. The minimum atomic E-state index is -0.246. The molecule has 2 aromatic rings. The van der Waals surface area contributed by atoms with Crippen LogP contribution in [0, 0.1) is 6.92 Å². The van der Waals surface area contributed by atoms with Gasteiger partial charge in [-0.15, -0.1) is 11.6 Å². The molecule has 4 heteroatoms. The molecule has 0 aromatic heterocycles. The third-order valence-electron chi connectivity index (χ3n) is 3.12. The van der Waals surface area contributed by atoms with Gasteiger partial charge in [-0.3, -0.25) is 0 Å². The van der Waals surface area contributed by atoms with E-state index in [0.29, 0.717) is 11.5 Å². The van der Waals surface area contributed by atoms with E-state index in [0.717, 1.165) is 15.6 Å². The Bertz CT molecular complexity index is 613. The smallest absolute Gasteiger partial charge is 0.161 e. The second-order valence-electron chi connectivity index (χ2n) is 4.50. The molecule has 2 nitrogen and oxygen atoms in total. The van der Waals surface area contributed by atoms with Crippen LogP contribution in [0.2, 0.25) is 0 Å². The topological polar surface area (TPSA) is 18.5 Å². The first-order chi connectivity index (χ1) is 9.56. The van der Waals surface area contributed by atoms with Crippen molar-refractivity contribution in [3.8, 4) is 11.5 Å². The molecule has 0 amide bonds. The highest BCUT2D eigenvalue weighted by Gasteiger charge is 2.16. The highest BCUT2D eigenvalue weighted by molar-refractivity contribution is 9.10. The lowest BCUT2D eigenvalue weighted by Crippen LogP contribution is -1.98. The molecule has 0 bridgehead atoms. The Morgan fingerprint density at radius 3 is 2.35 bits per heavy atom. The summed E-state index contributed by atoms with van der Waals surface area (Å²) in [5.41, 5.74) is 3.18. The highest BCUT2D eigenvalue weighted by atomic mass is 79.9. The summed E-state index contributed by atoms with van der Waals surface area (Å²) in [5, 5.41) is -0.246. The van der Waals surface area contributed by atoms with Crippen LogP contribution >= 0.6 is 27.5 Å². The summed E-state index contributed by atoms with van der Waals surface area (Å²) in [4.78, 5) is 0. The Labute approximate surface area is 132 Å². The number of rotatable bonds is 4. The van der Waals surface area contributed by atoms with E-state index < -0.39 is 0 Å². The number of hydrogen-bond acceptors (Lipinski definition) is 2. The summed E-state index contributed by atoms with van der Waals surface area (Å²) in [6.45, 7) is 2.05. The van der Waals surface area contributed by atoms with E-state index in [4.69, 9.17) is 21.1 Å². The van der Waals surface area contributed by atoms with Crippen LogP contribution in [0.3, 0.4) is 0 Å².